The second-order valence-electron chi connectivity index (χ2n) is 5.74. The first-order chi connectivity index (χ1) is 10.2. The van der Waals surface area contributed by atoms with Gasteiger partial charge in [-0.2, -0.15) is 5.10 Å². The van der Waals surface area contributed by atoms with Gasteiger partial charge in [0, 0.05) is 18.7 Å². The van der Waals surface area contributed by atoms with Crippen LogP contribution in [0.25, 0.3) is 0 Å². The zero-order valence-electron chi connectivity index (χ0n) is 13.6. The molecule has 0 bridgehead atoms. The van der Waals surface area contributed by atoms with Crippen LogP contribution in [0.3, 0.4) is 0 Å². The number of ether oxygens (including phenoxy) is 2. The third kappa shape index (κ3) is 5.89. The van der Waals surface area contributed by atoms with Crippen molar-refractivity contribution in [3.8, 4) is 0 Å². The van der Waals surface area contributed by atoms with E-state index in [1.165, 1.54) is 0 Å². The lowest BCUT2D eigenvalue weighted by Crippen LogP contribution is -2.33. The normalized spacial score (nSPS) is 13.0. The maximum atomic E-state index is 11.6. The fraction of sp³-hybridized carbons (Fsp3) is 0.714. The fourth-order valence-electron chi connectivity index (χ4n) is 1.78. The molecule has 1 amide bonds. The zero-order valence-corrected chi connectivity index (χ0v) is 16.7. The predicted molar refractivity (Wildman–Crippen MR) is 91.9 cm³/mol. The molecular formula is C14H23Br2N3O3. The Morgan fingerprint density at radius 2 is 2.05 bits per heavy atom. The maximum Gasteiger partial charge on any atom is 0.407 e. The number of aromatic nitrogens is 2. The van der Waals surface area contributed by atoms with E-state index in [1.54, 1.807) is 4.68 Å². The van der Waals surface area contributed by atoms with Crippen LogP contribution in [-0.4, -0.2) is 34.6 Å². The molecule has 1 unspecified atom stereocenters. The first-order valence-corrected chi connectivity index (χ1v) is 8.75. The number of rotatable bonds is 6. The number of nitrogens with one attached hydrogen (secondary N) is 1. The highest BCUT2D eigenvalue weighted by molar-refractivity contribution is 9.11. The van der Waals surface area contributed by atoms with E-state index >= 15 is 0 Å². The topological polar surface area (TPSA) is 65.4 Å². The summed E-state index contributed by atoms with van der Waals surface area (Å²) in [6, 6.07) is 0. The minimum atomic E-state index is -0.497. The lowest BCUT2D eigenvalue weighted by atomic mass is 10.2. The van der Waals surface area contributed by atoms with Gasteiger partial charge < -0.3 is 14.8 Å². The van der Waals surface area contributed by atoms with E-state index in [9.17, 15) is 4.79 Å². The number of amides is 1. The molecule has 1 heterocycles. The third-order valence-corrected chi connectivity index (χ3v) is 4.17. The van der Waals surface area contributed by atoms with E-state index in [-0.39, 0.29) is 6.23 Å². The Bertz CT molecular complexity index is 512. The van der Waals surface area contributed by atoms with Gasteiger partial charge in [0.15, 0.2) is 0 Å². The highest BCUT2D eigenvalue weighted by Crippen LogP contribution is 2.28. The standard InChI is InChI=1S/C14H23Br2N3O3/c1-6-21-9(2)19-12(16)10(11(15)18-19)7-8-17-13(20)22-14(3,4)5/h9H,6-8H2,1-5H3,(H,17,20). The summed E-state index contributed by atoms with van der Waals surface area (Å²) < 4.78 is 14.1. The Balaban J connectivity index is 2.62. The first-order valence-electron chi connectivity index (χ1n) is 7.16. The van der Waals surface area contributed by atoms with Crippen molar-refractivity contribution in [1.29, 1.82) is 0 Å². The van der Waals surface area contributed by atoms with Gasteiger partial charge in [0.05, 0.1) is 0 Å². The van der Waals surface area contributed by atoms with E-state index in [4.69, 9.17) is 9.47 Å². The summed E-state index contributed by atoms with van der Waals surface area (Å²) in [6.45, 7) is 10.4. The molecule has 1 aromatic heterocycles. The smallest absolute Gasteiger partial charge is 0.407 e. The molecule has 0 saturated carbocycles. The van der Waals surface area contributed by atoms with Gasteiger partial charge in [-0.3, -0.25) is 0 Å². The van der Waals surface area contributed by atoms with Crippen molar-refractivity contribution in [2.24, 2.45) is 0 Å². The Hall–Kier alpha value is -0.600. The average molecular weight is 441 g/mol. The highest BCUT2D eigenvalue weighted by atomic mass is 79.9. The van der Waals surface area contributed by atoms with E-state index < -0.39 is 11.7 Å². The first kappa shape index (κ1) is 19.4. The minimum absolute atomic E-state index is 0.164. The lowest BCUT2D eigenvalue weighted by Gasteiger charge is -2.19. The number of carbonyl (C=O) groups is 1. The van der Waals surface area contributed by atoms with Gasteiger partial charge in [-0.25, -0.2) is 9.48 Å². The van der Waals surface area contributed by atoms with Crippen LogP contribution in [0.2, 0.25) is 0 Å². The summed E-state index contributed by atoms with van der Waals surface area (Å²) in [5, 5.41) is 7.14. The summed E-state index contributed by atoms with van der Waals surface area (Å²) in [7, 11) is 0. The zero-order chi connectivity index (χ0) is 16.9. The van der Waals surface area contributed by atoms with Crippen LogP contribution in [-0.2, 0) is 15.9 Å². The molecule has 0 radical (unpaired) electrons. The highest BCUT2D eigenvalue weighted by Gasteiger charge is 2.19. The molecular weight excluding hydrogens is 418 g/mol. The number of nitrogens with zero attached hydrogens (tertiary/aromatic N) is 2. The Morgan fingerprint density at radius 3 is 2.59 bits per heavy atom. The summed E-state index contributed by atoms with van der Waals surface area (Å²) in [5.74, 6) is 0. The number of carbonyl (C=O) groups excluding carboxylic acids is 1. The SMILES string of the molecule is CCOC(C)n1nc(Br)c(CCNC(=O)OC(C)(C)C)c1Br. The Morgan fingerprint density at radius 1 is 1.41 bits per heavy atom. The van der Waals surface area contributed by atoms with Crippen LogP contribution in [0.5, 0.6) is 0 Å². The lowest BCUT2D eigenvalue weighted by molar-refractivity contribution is 0.0140. The molecule has 0 aliphatic rings. The number of halogens is 2. The molecule has 8 heteroatoms. The van der Waals surface area contributed by atoms with Gasteiger partial charge in [-0.15, -0.1) is 0 Å². The molecule has 22 heavy (non-hydrogen) atoms. The van der Waals surface area contributed by atoms with Crippen LogP contribution in [0, 0.1) is 0 Å². The summed E-state index contributed by atoms with van der Waals surface area (Å²) in [6.07, 6.45) is 0.0391. The largest absolute Gasteiger partial charge is 0.444 e. The number of alkyl carbamates (subject to hydrolysis) is 1. The van der Waals surface area contributed by atoms with Crippen molar-refractivity contribution in [3.63, 3.8) is 0 Å². The molecule has 1 rings (SSSR count). The van der Waals surface area contributed by atoms with E-state index in [1.807, 2.05) is 34.6 Å². The maximum absolute atomic E-state index is 11.6. The van der Waals surface area contributed by atoms with Crippen LogP contribution < -0.4 is 5.32 Å². The van der Waals surface area contributed by atoms with Gasteiger partial charge in [-0.1, -0.05) is 0 Å². The molecule has 6 nitrogen and oxygen atoms in total. The molecule has 1 N–H and O–H groups in total. The Labute approximate surface area is 148 Å². The minimum Gasteiger partial charge on any atom is -0.444 e. The van der Waals surface area contributed by atoms with Gasteiger partial charge >= 0.3 is 6.09 Å². The molecule has 0 fully saturated rings. The summed E-state index contributed by atoms with van der Waals surface area (Å²) >= 11 is 6.98. The van der Waals surface area contributed by atoms with Crippen LogP contribution in [0.1, 0.15) is 46.4 Å². The van der Waals surface area contributed by atoms with Crippen molar-refractivity contribution in [1.82, 2.24) is 15.1 Å². The fourth-order valence-corrected chi connectivity index (χ4v) is 3.36. The van der Waals surface area contributed by atoms with Gasteiger partial charge in [0.25, 0.3) is 0 Å². The van der Waals surface area contributed by atoms with Crippen molar-refractivity contribution in [2.45, 2.75) is 52.9 Å². The van der Waals surface area contributed by atoms with Crippen LogP contribution >= 0.6 is 31.9 Å². The number of hydrogen-bond donors (Lipinski definition) is 1. The molecule has 0 aliphatic heterocycles. The van der Waals surface area contributed by atoms with E-state index in [0.29, 0.717) is 19.6 Å². The van der Waals surface area contributed by atoms with Crippen molar-refractivity contribution < 1.29 is 14.3 Å². The second-order valence-corrected chi connectivity index (χ2v) is 7.24. The van der Waals surface area contributed by atoms with Crippen molar-refractivity contribution >= 4 is 38.0 Å². The average Bonchev–Trinajstić information content (AvgIpc) is 2.64. The Kier molecular flexibility index (Phi) is 7.34. The predicted octanol–water partition coefficient (Wildman–Crippen LogP) is 4.03. The quantitative estimate of drug-likeness (QED) is 0.725. The van der Waals surface area contributed by atoms with Crippen molar-refractivity contribution in [2.75, 3.05) is 13.2 Å². The van der Waals surface area contributed by atoms with Gasteiger partial charge in [-0.05, 0) is 72.9 Å². The third-order valence-electron chi connectivity index (χ3n) is 2.69. The van der Waals surface area contributed by atoms with Crippen molar-refractivity contribution in [3.05, 3.63) is 14.8 Å². The van der Waals surface area contributed by atoms with E-state index in [0.717, 1.165) is 14.8 Å². The monoisotopic (exact) mass is 439 g/mol. The molecule has 1 atom stereocenters. The molecule has 0 aromatic carbocycles. The second kappa shape index (κ2) is 8.31. The van der Waals surface area contributed by atoms with E-state index in [2.05, 4.69) is 42.3 Å². The van der Waals surface area contributed by atoms with Gasteiger partial charge in [0.1, 0.15) is 21.0 Å². The molecule has 0 spiro atoms. The number of hydrogen-bond acceptors (Lipinski definition) is 4. The van der Waals surface area contributed by atoms with Crippen LogP contribution in [0.15, 0.2) is 9.21 Å². The molecule has 0 saturated heterocycles. The summed E-state index contributed by atoms with van der Waals surface area (Å²) in [5.41, 5.74) is 0.478. The molecule has 126 valence electrons. The molecule has 1 aromatic rings. The van der Waals surface area contributed by atoms with Crippen LogP contribution in [0.4, 0.5) is 4.79 Å². The summed E-state index contributed by atoms with van der Waals surface area (Å²) in [4.78, 5) is 11.6. The molecule has 0 aliphatic carbocycles. The van der Waals surface area contributed by atoms with Gasteiger partial charge in [0.2, 0.25) is 0 Å².